The average molecular weight is 273 g/mol. The SMILES string of the molecule is CCc1csc2nc(C(C)C)c(Br)n12. The molecule has 0 radical (unpaired) electrons. The fraction of sp³-hybridized carbons (Fsp3) is 0.500. The first kappa shape index (κ1) is 10.2. The van der Waals surface area contributed by atoms with Gasteiger partial charge in [0.05, 0.1) is 5.69 Å². The van der Waals surface area contributed by atoms with Crippen molar-refractivity contribution >= 4 is 32.2 Å². The summed E-state index contributed by atoms with van der Waals surface area (Å²) in [6, 6.07) is 0. The van der Waals surface area contributed by atoms with Gasteiger partial charge >= 0.3 is 0 Å². The van der Waals surface area contributed by atoms with Crippen LogP contribution < -0.4 is 0 Å². The molecule has 0 saturated heterocycles. The van der Waals surface area contributed by atoms with Crippen molar-refractivity contribution in [1.82, 2.24) is 9.38 Å². The molecule has 2 rings (SSSR count). The third-order valence-corrected chi connectivity index (χ3v) is 3.95. The minimum Gasteiger partial charge on any atom is -0.281 e. The molecule has 0 unspecified atom stereocenters. The van der Waals surface area contributed by atoms with Crippen LogP contribution in [0.5, 0.6) is 0 Å². The zero-order valence-corrected chi connectivity index (χ0v) is 10.9. The van der Waals surface area contributed by atoms with Gasteiger partial charge in [0.2, 0.25) is 0 Å². The van der Waals surface area contributed by atoms with Gasteiger partial charge in [0.25, 0.3) is 0 Å². The van der Waals surface area contributed by atoms with E-state index in [-0.39, 0.29) is 0 Å². The summed E-state index contributed by atoms with van der Waals surface area (Å²) in [5.41, 5.74) is 2.49. The molecule has 0 amide bonds. The summed E-state index contributed by atoms with van der Waals surface area (Å²) in [6.45, 7) is 6.51. The molecule has 0 aliphatic rings. The van der Waals surface area contributed by atoms with Gasteiger partial charge in [0.15, 0.2) is 4.96 Å². The molecule has 0 saturated carbocycles. The molecule has 2 aromatic heterocycles. The highest BCUT2D eigenvalue weighted by atomic mass is 79.9. The van der Waals surface area contributed by atoms with Gasteiger partial charge in [-0.1, -0.05) is 20.8 Å². The molecule has 14 heavy (non-hydrogen) atoms. The number of nitrogens with zero attached hydrogens (tertiary/aromatic N) is 2. The van der Waals surface area contributed by atoms with Gasteiger partial charge in [0, 0.05) is 11.1 Å². The monoisotopic (exact) mass is 272 g/mol. The van der Waals surface area contributed by atoms with Gasteiger partial charge in [-0.3, -0.25) is 4.40 Å². The van der Waals surface area contributed by atoms with E-state index in [9.17, 15) is 0 Å². The van der Waals surface area contributed by atoms with E-state index >= 15 is 0 Å². The molecule has 0 atom stereocenters. The molecule has 2 nitrogen and oxygen atoms in total. The molecule has 0 aliphatic carbocycles. The average Bonchev–Trinajstić information content (AvgIpc) is 2.66. The van der Waals surface area contributed by atoms with Gasteiger partial charge in [-0.25, -0.2) is 4.98 Å². The number of fused-ring (bicyclic) bond motifs is 1. The van der Waals surface area contributed by atoms with E-state index in [1.54, 1.807) is 11.3 Å². The van der Waals surface area contributed by atoms with Gasteiger partial charge in [0.1, 0.15) is 4.60 Å². The standard InChI is InChI=1S/C10H13BrN2S/c1-4-7-5-14-10-12-8(6(2)3)9(11)13(7)10/h5-6H,4H2,1-3H3. The first-order chi connectivity index (χ1) is 6.65. The molecular formula is C10H13BrN2S. The predicted octanol–water partition coefficient (Wildman–Crippen LogP) is 3.84. The molecule has 2 aromatic rings. The molecule has 0 aliphatic heterocycles. The van der Waals surface area contributed by atoms with Crippen LogP contribution in [0.4, 0.5) is 0 Å². The van der Waals surface area contributed by atoms with E-state index < -0.39 is 0 Å². The lowest BCUT2D eigenvalue weighted by Gasteiger charge is -2.01. The van der Waals surface area contributed by atoms with E-state index in [2.05, 4.69) is 51.5 Å². The Kier molecular flexibility index (Phi) is 2.66. The number of hydrogen-bond acceptors (Lipinski definition) is 2. The van der Waals surface area contributed by atoms with Crippen LogP contribution in [0.1, 0.15) is 38.1 Å². The molecule has 0 spiro atoms. The van der Waals surface area contributed by atoms with Crippen molar-refractivity contribution in [2.24, 2.45) is 0 Å². The normalized spacial score (nSPS) is 11.8. The van der Waals surface area contributed by atoms with Crippen LogP contribution in [0.3, 0.4) is 0 Å². The van der Waals surface area contributed by atoms with E-state index in [1.807, 2.05) is 0 Å². The summed E-state index contributed by atoms with van der Waals surface area (Å²) >= 11 is 5.34. The fourth-order valence-electron chi connectivity index (χ4n) is 1.51. The van der Waals surface area contributed by atoms with Crippen LogP contribution in [-0.2, 0) is 6.42 Å². The molecule has 2 heterocycles. The first-order valence-corrected chi connectivity index (χ1v) is 6.46. The second kappa shape index (κ2) is 3.66. The largest absolute Gasteiger partial charge is 0.281 e. The van der Waals surface area contributed by atoms with Crippen molar-refractivity contribution in [2.75, 3.05) is 0 Å². The highest BCUT2D eigenvalue weighted by Gasteiger charge is 2.15. The number of hydrogen-bond donors (Lipinski definition) is 0. The second-order valence-corrected chi connectivity index (χ2v) is 5.23. The fourth-order valence-corrected chi connectivity index (χ4v) is 3.55. The Balaban J connectivity index is 2.69. The summed E-state index contributed by atoms with van der Waals surface area (Å²) in [5, 5.41) is 2.18. The Morgan fingerprint density at radius 3 is 2.86 bits per heavy atom. The van der Waals surface area contributed by atoms with Crippen LogP contribution in [-0.4, -0.2) is 9.38 Å². The Labute approximate surface area is 96.1 Å². The highest BCUT2D eigenvalue weighted by Crippen LogP contribution is 2.29. The van der Waals surface area contributed by atoms with Gasteiger partial charge in [-0.2, -0.15) is 0 Å². The zero-order chi connectivity index (χ0) is 10.3. The molecule has 4 heteroatoms. The van der Waals surface area contributed by atoms with Crippen LogP contribution in [0.15, 0.2) is 9.98 Å². The summed E-state index contributed by atoms with van der Waals surface area (Å²) in [5.74, 6) is 0.473. The van der Waals surface area contributed by atoms with E-state index in [0.29, 0.717) is 5.92 Å². The second-order valence-electron chi connectivity index (χ2n) is 3.64. The summed E-state index contributed by atoms with van der Waals surface area (Å²) < 4.78 is 3.33. The minimum absolute atomic E-state index is 0.473. The van der Waals surface area contributed by atoms with Crippen LogP contribution in [0, 0.1) is 0 Å². The van der Waals surface area contributed by atoms with Gasteiger partial charge in [-0.15, -0.1) is 11.3 Å². The topological polar surface area (TPSA) is 17.3 Å². The van der Waals surface area contributed by atoms with Crippen molar-refractivity contribution in [3.8, 4) is 0 Å². The molecule has 0 fully saturated rings. The maximum absolute atomic E-state index is 4.61. The Morgan fingerprint density at radius 2 is 2.29 bits per heavy atom. The number of rotatable bonds is 2. The predicted molar refractivity (Wildman–Crippen MR) is 64.2 cm³/mol. The van der Waals surface area contributed by atoms with E-state index in [1.165, 1.54) is 5.69 Å². The molecule has 0 N–H and O–H groups in total. The van der Waals surface area contributed by atoms with Gasteiger partial charge in [-0.05, 0) is 28.3 Å². The van der Waals surface area contributed by atoms with Crippen molar-refractivity contribution in [3.63, 3.8) is 0 Å². The number of imidazole rings is 1. The quantitative estimate of drug-likeness (QED) is 0.812. The number of aromatic nitrogens is 2. The zero-order valence-electron chi connectivity index (χ0n) is 8.54. The minimum atomic E-state index is 0.473. The lowest BCUT2D eigenvalue weighted by molar-refractivity contribution is 0.824. The number of halogens is 1. The lowest BCUT2D eigenvalue weighted by atomic mass is 10.2. The summed E-state index contributed by atoms with van der Waals surface area (Å²) in [6.07, 6.45) is 1.05. The van der Waals surface area contributed by atoms with Crippen molar-refractivity contribution in [1.29, 1.82) is 0 Å². The third-order valence-electron chi connectivity index (χ3n) is 2.31. The Bertz CT molecular complexity index is 456. The van der Waals surface area contributed by atoms with Crippen molar-refractivity contribution in [2.45, 2.75) is 33.1 Å². The molecular weight excluding hydrogens is 260 g/mol. The Morgan fingerprint density at radius 1 is 1.57 bits per heavy atom. The maximum Gasteiger partial charge on any atom is 0.195 e. The molecule has 76 valence electrons. The van der Waals surface area contributed by atoms with Gasteiger partial charge < -0.3 is 0 Å². The van der Waals surface area contributed by atoms with Crippen molar-refractivity contribution in [3.05, 3.63) is 21.4 Å². The van der Waals surface area contributed by atoms with Crippen LogP contribution in [0.25, 0.3) is 4.96 Å². The molecule has 0 bridgehead atoms. The van der Waals surface area contributed by atoms with Crippen LogP contribution in [0.2, 0.25) is 0 Å². The van der Waals surface area contributed by atoms with Crippen LogP contribution >= 0.6 is 27.3 Å². The third kappa shape index (κ3) is 1.41. The van der Waals surface area contributed by atoms with E-state index in [4.69, 9.17) is 0 Å². The Hall–Kier alpha value is -0.350. The summed E-state index contributed by atoms with van der Waals surface area (Å²) in [7, 11) is 0. The lowest BCUT2D eigenvalue weighted by Crippen LogP contribution is -1.91. The molecule has 0 aromatic carbocycles. The number of thiazole rings is 1. The first-order valence-electron chi connectivity index (χ1n) is 4.79. The maximum atomic E-state index is 4.61. The summed E-state index contributed by atoms with van der Waals surface area (Å²) in [4.78, 5) is 5.71. The highest BCUT2D eigenvalue weighted by molar-refractivity contribution is 9.10. The van der Waals surface area contributed by atoms with E-state index in [0.717, 1.165) is 21.7 Å². The smallest absolute Gasteiger partial charge is 0.195 e. The van der Waals surface area contributed by atoms with Crippen molar-refractivity contribution < 1.29 is 0 Å². The number of aryl methyl sites for hydroxylation is 1.